The molecule has 0 saturated carbocycles. The Labute approximate surface area is 192 Å². The van der Waals surface area contributed by atoms with Gasteiger partial charge in [0.05, 0.1) is 6.61 Å². The standard InChI is InChI=1S/C17H32N2O5.C3H8.2C2H6/c1-4-5-11-18-14(20)9-12-24-13-10-17(2,3)19-15(21)7-6-8-16(22)23;1-3-2;2*1-2/h4-13H2,1-3H3,(H,18,20)(H,19,21)(H,22,23);3H2,1-2H3;2*1-2H3. The highest BCUT2D eigenvalue weighted by Gasteiger charge is 2.20. The number of carbonyl (C=O) groups is 3. The molecular formula is C24H52N2O5. The minimum Gasteiger partial charge on any atom is -0.481 e. The van der Waals surface area contributed by atoms with Crippen molar-refractivity contribution in [1.29, 1.82) is 0 Å². The maximum Gasteiger partial charge on any atom is 0.303 e. The number of hydrogen-bond acceptors (Lipinski definition) is 4. The first kappa shape index (κ1) is 36.7. The van der Waals surface area contributed by atoms with Gasteiger partial charge >= 0.3 is 5.97 Å². The molecule has 0 aliphatic heterocycles. The molecule has 3 N–H and O–H groups in total. The predicted molar refractivity (Wildman–Crippen MR) is 130 cm³/mol. The lowest BCUT2D eigenvalue weighted by Gasteiger charge is -2.26. The van der Waals surface area contributed by atoms with Gasteiger partial charge in [0, 0.05) is 38.0 Å². The monoisotopic (exact) mass is 448 g/mol. The van der Waals surface area contributed by atoms with E-state index in [1.54, 1.807) is 0 Å². The van der Waals surface area contributed by atoms with Gasteiger partial charge in [0.2, 0.25) is 11.8 Å². The van der Waals surface area contributed by atoms with E-state index >= 15 is 0 Å². The number of aliphatic carboxylic acids is 1. The van der Waals surface area contributed by atoms with Gasteiger partial charge in [-0.15, -0.1) is 0 Å². The summed E-state index contributed by atoms with van der Waals surface area (Å²) in [5, 5.41) is 14.2. The smallest absolute Gasteiger partial charge is 0.303 e. The molecule has 7 heteroatoms. The Morgan fingerprint density at radius 3 is 1.87 bits per heavy atom. The van der Waals surface area contributed by atoms with Gasteiger partial charge in [0.25, 0.3) is 0 Å². The predicted octanol–water partition coefficient (Wildman–Crippen LogP) is 5.32. The van der Waals surface area contributed by atoms with Gasteiger partial charge in [-0.2, -0.15) is 0 Å². The summed E-state index contributed by atoms with van der Waals surface area (Å²) in [5.74, 6) is -1.06. The molecule has 0 aliphatic rings. The largest absolute Gasteiger partial charge is 0.481 e. The van der Waals surface area contributed by atoms with E-state index in [9.17, 15) is 14.4 Å². The van der Waals surface area contributed by atoms with Crippen LogP contribution in [0.3, 0.4) is 0 Å². The van der Waals surface area contributed by atoms with E-state index in [-0.39, 0.29) is 24.7 Å². The lowest BCUT2D eigenvalue weighted by atomic mass is 10.0. The second-order valence-electron chi connectivity index (χ2n) is 7.20. The maximum absolute atomic E-state index is 11.7. The summed E-state index contributed by atoms with van der Waals surface area (Å²) < 4.78 is 5.45. The molecule has 0 unspecified atom stereocenters. The summed E-state index contributed by atoms with van der Waals surface area (Å²) in [6.45, 7) is 19.6. The van der Waals surface area contributed by atoms with E-state index < -0.39 is 11.5 Å². The Morgan fingerprint density at radius 2 is 1.39 bits per heavy atom. The molecule has 188 valence electrons. The molecule has 0 atom stereocenters. The zero-order chi connectivity index (χ0) is 25.1. The van der Waals surface area contributed by atoms with Gasteiger partial charge in [0.1, 0.15) is 0 Å². The van der Waals surface area contributed by atoms with Crippen LogP contribution < -0.4 is 10.6 Å². The van der Waals surface area contributed by atoms with Crippen molar-refractivity contribution in [1.82, 2.24) is 10.6 Å². The molecule has 0 bridgehead atoms. The molecule has 31 heavy (non-hydrogen) atoms. The lowest BCUT2D eigenvalue weighted by molar-refractivity contribution is -0.137. The van der Waals surface area contributed by atoms with Gasteiger partial charge < -0.3 is 20.5 Å². The van der Waals surface area contributed by atoms with Gasteiger partial charge in [0.15, 0.2) is 0 Å². The molecule has 2 amide bonds. The number of rotatable bonds is 14. The highest BCUT2D eigenvalue weighted by atomic mass is 16.5. The van der Waals surface area contributed by atoms with Gasteiger partial charge in [-0.05, 0) is 33.1 Å². The number of nitrogens with one attached hydrogen (secondary N) is 2. The number of hydrogen-bond donors (Lipinski definition) is 3. The third-order valence-electron chi connectivity index (χ3n) is 3.47. The number of ether oxygens (including phenoxy) is 1. The first-order chi connectivity index (χ1) is 14.7. The zero-order valence-electron chi connectivity index (χ0n) is 21.9. The molecular weight excluding hydrogens is 396 g/mol. The second kappa shape index (κ2) is 28.4. The fourth-order valence-corrected chi connectivity index (χ4v) is 1.99. The molecule has 7 nitrogen and oxygen atoms in total. The Morgan fingerprint density at radius 1 is 0.839 bits per heavy atom. The van der Waals surface area contributed by atoms with E-state index in [1.165, 1.54) is 6.42 Å². The minimum atomic E-state index is -0.894. The number of carbonyl (C=O) groups excluding carboxylic acids is 2. The van der Waals surface area contributed by atoms with Crippen LogP contribution in [0.1, 0.15) is 114 Å². The van der Waals surface area contributed by atoms with Gasteiger partial charge in [-0.25, -0.2) is 0 Å². The van der Waals surface area contributed by atoms with Crippen LogP contribution in [0.25, 0.3) is 0 Å². The summed E-state index contributed by atoms with van der Waals surface area (Å²) in [4.78, 5) is 33.6. The van der Waals surface area contributed by atoms with Crippen LogP contribution in [0, 0.1) is 0 Å². The Kier molecular flexibility index (Phi) is 33.6. The van der Waals surface area contributed by atoms with Crippen molar-refractivity contribution in [3.63, 3.8) is 0 Å². The second-order valence-corrected chi connectivity index (χ2v) is 7.20. The highest BCUT2D eigenvalue weighted by molar-refractivity contribution is 5.77. The van der Waals surface area contributed by atoms with Crippen molar-refractivity contribution in [2.24, 2.45) is 0 Å². The lowest BCUT2D eigenvalue weighted by Crippen LogP contribution is -2.44. The van der Waals surface area contributed by atoms with Crippen LogP contribution in [-0.2, 0) is 19.1 Å². The molecule has 0 radical (unpaired) electrons. The quantitative estimate of drug-likeness (QED) is 0.312. The fourth-order valence-electron chi connectivity index (χ4n) is 1.99. The third-order valence-corrected chi connectivity index (χ3v) is 3.47. The Bertz CT molecular complexity index is 413. The van der Waals surface area contributed by atoms with Crippen molar-refractivity contribution in [2.75, 3.05) is 19.8 Å². The summed E-state index contributed by atoms with van der Waals surface area (Å²) in [5.41, 5.74) is -0.427. The first-order valence-electron chi connectivity index (χ1n) is 12.1. The van der Waals surface area contributed by atoms with E-state index in [4.69, 9.17) is 9.84 Å². The van der Waals surface area contributed by atoms with E-state index in [0.717, 1.165) is 12.8 Å². The van der Waals surface area contributed by atoms with E-state index in [2.05, 4.69) is 31.4 Å². The molecule has 0 aromatic carbocycles. The normalized spacial score (nSPS) is 9.58. The topological polar surface area (TPSA) is 105 Å². The van der Waals surface area contributed by atoms with Crippen LogP contribution in [0.2, 0.25) is 0 Å². The molecule has 0 saturated heterocycles. The van der Waals surface area contributed by atoms with Crippen LogP contribution in [0.5, 0.6) is 0 Å². The van der Waals surface area contributed by atoms with Gasteiger partial charge in [-0.1, -0.05) is 61.3 Å². The van der Waals surface area contributed by atoms with Crippen LogP contribution in [0.15, 0.2) is 0 Å². The van der Waals surface area contributed by atoms with Crippen LogP contribution in [0.4, 0.5) is 0 Å². The minimum absolute atomic E-state index is 0.00270. The summed E-state index contributed by atoms with van der Waals surface area (Å²) in [6, 6.07) is 0. The summed E-state index contributed by atoms with van der Waals surface area (Å²) in [6.07, 6.45) is 4.77. The number of carboxylic acids is 1. The highest BCUT2D eigenvalue weighted by Crippen LogP contribution is 2.09. The summed E-state index contributed by atoms with van der Waals surface area (Å²) in [7, 11) is 0. The molecule has 0 spiro atoms. The average molecular weight is 449 g/mol. The van der Waals surface area contributed by atoms with Crippen molar-refractivity contribution < 1.29 is 24.2 Å². The van der Waals surface area contributed by atoms with Crippen molar-refractivity contribution in [2.45, 2.75) is 119 Å². The maximum atomic E-state index is 11.7. The van der Waals surface area contributed by atoms with Crippen LogP contribution in [-0.4, -0.2) is 48.2 Å². The van der Waals surface area contributed by atoms with Crippen molar-refractivity contribution in [3.8, 4) is 0 Å². The molecule has 0 aromatic heterocycles. The molecule has 0 aromatic rings. The zero-order valence-corrected chi connectivity index (χ0v) is 21.9. The Hall–Kier alpha value is -1.63. The van der Waals surface area contributed by atoms with Crippen molar-refractivity contribution >= 4 is 17.8 Å². The number of unbranched alkanes of at least 4 members (excludes halogenated alkanes) is 1. The SMILES string of the molecule is CC.CC.CCC.CCCCNC(=O)CCOCCC(C)(C)NC(=O)CCCC(=O)O. The molecule has 0 heterocycles. The van der Waals surface area contributed by atoms with E-state index in [1.807, 2.05) is 41.5 Å². The van der Waals surface area contributed by atoms with Gasteiger partial charge in [-0.3, -0.25) is 14.4 Å². The summed E-state index contributed by atoms with van der Waals surface area (Å²) >= 11 is 0. The third kappa shape index (κ3) is 36.1. The van der Waals surface area contributed by atoms with Crippen LogP contribution >= 0.6 is 0 Å². The fraction of sp³-hybridized carbons (Fsp3) is 0.875. The first-order valence-corrected chi connectivity index (χ1v) is 12.1. The number of amides is 2. The Balaban J connectivity index is -0.000000463. The molecule has 0 fully saturated rings. The van der Waals surface area contributed by atoms with Crippen molar-refractivity contribution in [3.05, 3.63) is 0 Å². The molecule has 0 aliphatic carbocycles. The molecule has 0 rings (SSSR count). The average Bonchev–Trinajstić information content (AvgIpc) is 2.71. The van der Waals surface area contributed by atoms with E-state index in [0.29, 0.717) is 39.0 Å². The number of carboxylic acid groups (broad SMARTS) is 1.